The normalized spacial score (nSPS) is 14.9. The van der Waals surface area contributed by atoms with Crippen molar-refractivity contribution in [3.8, 4) is 11.5 Å². The van der Waals surface area contributed by atoms with E-state index < -0.39 is 18.1 Å². The molecule has 1 aromatic heterocycles. The van der Waals surface area contributed by atoms with Crippen molar-refractivity contribution in [2.24, 2.45) is 5.92 Å². The Morgan fingerprint density at radius 1 is 0.898 bits per heavy atom. The number of aromatic nitrogens is 1. The predicted octanol–water partition coefficient (Wildman–Crippen LogP) is 7.26. The SMILES string of the molecule is COc1ccc([C@H](Cc2c(Cl)cncc2Cl)OC(=O)c2cccc(CNC(C(=O)OCC3CCN(C)CC3)c3ccccc3)c2)cc1OC. The number of rotatable bonds is 14. The van der Waals surface area contributed by atoms with Crippen molar-refractivity contribution in [2.75, 3.05) is 41.0 Å². The minimum absolute atomic E-state index is 0.196. The average molecular weight is 707 g/mol. The molecule has 2 heterocycles. The van der Waals surface area contributed by atoms with E-state index >= 15 is 0 Å². The highest BCUT2D eigenvalue weighted by molar-refractivity contribution is 6.35. The van der Waals surface area contributed by atoms with Crippen LogP contribution in [-0.4, -0.2) is 62.8 Å². The van der Waals surface area contributed by atoms with Gasteiger partial charge in [0.15, 0.2) is 11.5 Å². The summed E-state index contributed by atoms with van der Waals surface area (Å²) < 4.78 is 22.9. The number of esters is 2. The number of halogens is 2. The van der Waals surface area contributed by atoms with Crippen LogP contribution >= 0.6 is 23.2 Å². The van der Waals surface area contributed by atoms with E-state index in [2.05, 4.69) is 22.2 Å². The molecule has 5 rings (SSSR count). The minimum atomic E-state index is -0.770. The largest absolute Gasteiger partial charge is 0.493 e. The van der Waals surface area contributed by atoms with Crippen LogP contribution in [0.4, 0.5) is 0 Å². The third-order valence-corrected chi connectivity index (χ3v) is 9.36. The van der Waals surface area contributed by atoms with Gasteiger partial charge in [-0.05, 0) is 85.4 Å². The zero-order chi connectivity index (χ0) is 34.8. The Balaban J connectivity index is 1.31. The van der Waals surface area contributed by atoms with Crippen LogP contribution in [0.25, 0.3) is 0 Å². The summed E-state index contributed by atoms with van der Waals surface area (Å²) in [6.45, 7) is 2.71. The zero-order valence-electron chi connectivity index (χ0n) is 27.9. The fourth-order valence-electron chi connectivity index (χ4n) is 5.82. The lowest BCUT2D eigenvalue weighted by Crippen LogP contribution is -2.34. The van der Waals surface area contributed by atoms with E-state index in [1.54, 1.807) is 43.5 Å². The lowest BCUT2D eigenvalue weighted by molar-refractivity contribution is -0.148. The van der Waals surface area contributed by atoms with Crippen LogP contribution in [0, 0.1) is 5.92 Å². The number of hydrogen-bond donors (Lipinski definition) is 1. The maximum atomic E-state index is 13.7. The molecule has 1 aliphatic rings. The molecule has 49 heavy (non-hydrogen) atoms. The van der Waals surface area contributed by atoms with Crippen molar-refractivity contribution >= 4 is 35.1 Å². The summed E-state index contributed by atoms with van der Waals surface area (Å²) >= 11 is 12.9. The van der Waals surface area contributed by atoms with Crippen molar-refractivity contribution in [2.45, 2.75) is 38.0 Å². The van der Waals surface area contributed by atoms with Crippen molar-refractivity contribution in [3.63, 3.8) is 0 Å². The van der Waals surface area contributed by atoms with Gasteiger partial charge in [-0.3, -0.25) is 10.3 Å². The Kier molecular flexibility index (Phi) is 12.9. The molecule has 0 saturated carbocycles. The van der Waals surface area contributed by atoms with Gasteiger partial charge in [0.25, 0.3) is 0 Å². The summed E-state index contributed by atoms with van der Waals surface area (Å²) in [5.74, 6) is 0.509. The van der Waals surface area contributed by atoms with E-state index in [0.29, 0.717) is 57.3 Å². The molecule has 258 valence electrons. The Morgan fingerprint density at radius 3 is 2.31 bits per heavy atom. The minimum Gasteiger partial charge on any atom is -0.493 e. The van der Waals surface area contributed by atoms with Crippen molar-refractivity contribution < 1.29 is 28.5 Å². The molecular formula is C38H41Cl2N3O6. The average Bonchev–Trinajstić information content (AvgIpc) is 3.12. The molecule has 11 heteroatoms. The van der Waals surface area contributed by atoms with Crippen molar-refractivity contribution in [1.29, 1.82) is 0 Å². The van der Waals surface area contributed by atoms with Crippen LogP contribution < -0.4 is 14.8 Å². The van der Waals surface area contributed by atoms with Gasteiger partial charge in [0.1, 0.15) is 12.1 Å². The van der Waals surface area contributed by atoms with Gasteiger partial charge in [-0.1, -0.05) is 71.7 Å². The standard InChI is InChI=1S/C38H41Cl2N3O6/c1-43-16-14-25(15-17-43)24-48-38(45)36(27-9-5-4-6-10-27)42-21-26-8-7-11-29(18-26)37(44)49-34(20-30-31(39)22-41-23-32(30)40)28-12-13-33(46-2)35(19-28)47-3/h4-13,18-19,22-23,25,34,36,42H,14-17,20-21,24H2,1-3H3/t34-,36?/m0/s1. The number of methoxy groups -OCH3 is 2. The highest BCUT2D eigenvalue weighted by Gasteiger charge is 2.26. The summed E-state index contributed by atoms with van der Waals surface area (Å²) in [4.78, 5) is 33.4. The smallest absolute Gasteiger partial charge is 0.338 e. The molecule has 1 aliphatic heterocycles. The fraction of sp³-hybridized carbons (Fsp3) is 0.342. The van der Waals surface area contributed by atoms with Gasteiger partial charge < -0.3 is 23.8 Å². The molecule has 0 aliphatic carbocycles. The molecule has 1 unspecified atom stereocenters. The zero-order valence-corrected chi connectivity index (χ0v) is 29.4. The second-order valence-electron chi connectivity index (χ2n) is 12.1. The number of ether oxygens (including phenoxy) is 4. The topological polar surface area (TPSA) is 99.2 Å². The van der Waals surface area contributed by atoms with Gasteiger partial charge in [0, 0.05) is 25.4 Å². The maximum Gasteiger partial charge on any atom is 0.338 e. The lowest BCUT2D eigenvalue weighted by atomic mass is 9.98. The molecule has 9 nitrogen and oxygen atoms in total. The quantitative estimate of drug-likeness (QED) is 0.136. The third-order valence-electron chi connectivity index (χ3n) is 8.71. The van der Waals surface area contributed by atoms with Gasteiger partial charge in [-0.2, -0.15) is 0 Å². The number of hydrogen-bond acceptors (Lipinski definition) is 9. The number of likely N-dealkylation sites (tertiary alicyclic amines) is 1. The van der Waals surface area contributed by atoms with E-state index in [1.807, 2.05) is 36.4 Å². The molecule has 0 spiro atoms. The molecule has 1 saturated heterocycles. The Hall–Kier alpha value is -4.15. The van der Waals surface area contributed by atoms with Crippen molar-refractivity contribution in [1.82, 2.24) is 15.2 Å². The molecule has 3 aromatic carbocycles. The van der Waals surface area contributed by atoms with E-state index in [1.165, 1.54) is 19.5 Å². The molecule has 1 fully saturated rings. The number of carbonyl (C=O) groups excluding carboxylic acids is 2. The Labute approximate surface area is 297 Å². The second-order valence-corrected chi connectivity index (χ2v) is 12.9. The van der Waals surface area contributed by atoms with E-state index in [0.717, 1.165) is 37.1 Å². The summed E-state index contributed by atoms with van der Waals surface area (Å²) in [6, 6.07) is 21.2. The van der Waals surface area contributed by atoms with Crippen LogP contribution in [0.5, 0.6) is 11.5 Å². The number of nitrogens with zero attached hydrogens (tertiary/aromatic N) is 2. The van der Waals surface area contributed by atoms with Gasteiger partial charge in [0.2, 0.25) is 0 Å². The van der Waals surface area contributed by atoms with Crippen LogP contribution in [-0.2, 0) is 27.2 Å². The van der Waals surface area contributed by atoms with E-state index in [9.17, 15) is 9.59 Å². The lowest BCUT2D eigenvalue weighted by Gasteiger charge is -2.29. The predicted molar refractivity (Wildman–Crippen MR) is 189 cm³/mol. The molecule has 0 radical (unpaired) electrons. The molecule has 1 N–H and O–H groups in total. The van der Waals surface area contributed by atoms with Crippen molar-refractivity contribution in [3.05, 3.63) is 123 Å². The number of pyridine rings is 1. The fourth-order valence-corrected chi connectivity index (χ4v) is 6.34. The van der Waals surface area contributed by atoms with Crippen LogP contribution in [0.3, 0.4) is 0 Å². The van der Waals surface area contributed by atoms with Gasteiger partial charge in [0.05, 0.1) is 36.4 Å². The number of piperidine rings is 1. The first-order valence-corrected chi connectivity index (χ1v) is 16.9. The Morgan fingerprint density at radius 2 is 1.61 bits per heavy atom. The number of carbonyl (C=O) groups is 2. The monoisotopic (exact) mass is 705 g/mol. The summed E-state index contributed by atoms with van der Waals surface area (Å²) in [5.41, 5.74) is 3.20. The maximum absolute atomic E-state index is 13.7. The molecule has 0 bridgehead atoms. The third kappa shape index (κ3) is 9.73. The summed E-state index contributed by atoms with van der Waals surface area (Å²) in [5, 5.41) is 4.07. The molecular weight excluding hydrogens is 665 g/mol. The second kappa shape index (κ2) is 17.5. The summed E-state index contributed by atoms with van der Waals surface area (Å²) in [6.07, 6.45) is 4.44. The summed E-state index contributed by atoms with van der Waals surface area (Å²) in [7, 11) is 5.20. The van der Waals surface area contributed by atoms with Crippen LogP contribution in [0.2, 0.25) is 10.0 Å². The molecule has 2 atom stereocenters. The van der Waals surface area contributed by atoms with E-state index in [-0.39, 0.29) is 12.4 Å². The van der Waals surface area contributed by atoms with Gasteiger partial charge >= 0.3 is 11.9 Å². The highest BCUT2D eigenvalue weighted by Crippen LogP contribution is 2.35. The number of nitrogens with one attached hydrogen (secondary N) is 1. The molecule has 0 amide bonds. The first kappa shape index (κ1) is 36.1. The van der Waals surface area contributed by atoms with E-state index in [4.69, 9.17) is 42.1 Å². The van der Waals surface area contributed by atoms with Crippen LogP contribution in [0.1, 0.15) is 57.6 Å². The first-order valence-electron chi connectivity index (χ1n) is 16.2. The highest BCUT2D eigenvalue weighted by atomic mass is 35.5. The van der Waals surface area contributed by atoms with Gasteiger partial charge in [-0.25, -0.2) is 9.59 Å². The first-order chi connectivity index (χ1) is 23.7. The van der Waals surface area contributed by atoms with Crippen LogP contribution in [0.15, 0.2) is 85.2 Å². The molecule has 4 aromatic rings. The number of benzene rings is 3. The van der Waals surface area contributed by atoms with Gasteiger partial charge in [-0.15, -0.1) is 0 Å². The Bertz CT molecular complexity index is 1690.